The van der Waals surface area contributed by atoms with Gasteiger partial charge in [-0.05, 0) is 36.0 Å². The molecule has 0 aliphatic rings. The van der Waals surface area contributed by atoms with Crippen LogP contribution in [0.4, 0.5) is 0 Å². The lowest BCUT2D eigenvalue weighted by molar-refractivity contribution is 0.374. The van der Waals surface area contributed by atoms with Gasteiger partial charge in [-0.25, -0.2) is 0 Å². The van der Waals surface area contributed by atoms with Crippen LogP contribution in [-0.2, 0) is 6.42 Å². The second kappa shape index (κ2) is 5.23. The van der Waals surface area contributed by atoms with Gasteiger partial charge in [-0.1, -0.05) is 44.5 Å². The van der Waals surface area contributed by atoms with Crippen LogP contribution in [0.15, 0.2) is 24.3 Å². The highest BCUT2D eigenvalue weighted by Crippen LogP contribution is 2.28. The van der Waals surface area contributed by atoms with E-state index in [4.69, 9.17) is 23.2 Å². The molecule has 0 bridgehead atoms. The van der Waals surface area contributed by atoms with E-state index >= 15 is 0 Å². The number of benzene rings is 1. The maximum absolute atomic E-state index is 6.31. The van der Waals surface area contributed by atoms with Gasteiger partial charge in [0, 0.05) is 10.4 Å². The highest BCUT2D eigenvalue weighted by atomic mass is 35.5. The molecule has 1 unspecified atom stereocenters. The van der Waals surface area contributed by atoms with Crippen LogP contribution in [0.1, 0.15) is 32.8 Å². The molecule has 0 amide bonds. The third-order valence-electron chi connectivity index (χ3n) is 2.52. The van der Waals surface area contributed by atoms with E-state index in [9.17, 15) is 0 Å². The monoisotopic (exact) mass is 244 g/mol. The molecule has 0 aromatic heterocycles. The Labute approximate surface area is 103 Å². The van der Waals surface area contributed by atoms with E-state index < -0.39 is 0 Å². The van der Waals surface area contributed by atoms with Crippen LogP contribution in [0.3, 0.4) is 0 Å². The second-order valence-corrected chi connectivity index (χ2v) is 5.97. The number of rotatable bonds is 3. The molecule has 0 N–H and O–H groups in total. The van der Waals surface area contributed by atoms with Crippen molar-refractivity contribution in [2.24, 2.45) is 5.41 Å². The van der Waals surface area contributed by atoms with Crippen LogP contribution in [0.25, 0.3) is 0 Å². The van der Waals surface area contributed by atoms with Crippen molar-refractivity contribution < 1.29 is 0 Å². The SMILES string of the molecule is CC(C)(C)C(Cl)CCc1cccc(Cl)c1. The van der Waals surface area contributed by atoms with Crippen LogP contribution in [0, 0.1) is 5.41 Å². The number of alkyl halides is 1. The molecule has 84 valence electrons. The molecule has 0 saturated carbocycles. The number of halogens is 2. The van der Waals surface area contributed by atoms with Crippen molar-refractivity contribution in [1.29, 1.82) is 0 Å². The van der Waals surface area contributed by atoms with Crippen molar-refractivity contribution in [3.63, 3.8) is 0 Å². The third-order valence-corrected chi connectivity index (χ3v) is 3.62. The quantitative estimate of drug-likeness (QED) is 0.662. The largest absolute Gasteiger partial charge is 0.122 e. The predicted octanol–water partition coefficient (Wildman–Crippen LogP) is 4.93. The first-order valence-corrected chi connectivity index (χ1v) is 6.09. The van der Waals surface area contributed by atoms with Gasteiger partial charge in [0.15, 0.2) is 0 Å². The molecule has 0 spiro atoms. The average Bonchev–Trinajstić information content (AvgIpc) is 2.12. The number of aryl methyl sites for hydroxylation is 1. The number of hydrogen-bond acceptors (Lipinski definition) is 0. The molecule has 0 nitrogen and oxygen atoms in total. The van der Waals surface area contributed by atoms with Gasteiger partial charge < -0.3 is 0 Å². The Morgan fingerprint density at radius 1 is 1.27 bits per heavy atom. The molecular weight excluding hydrogens is 227 g/mol. The van der Waals surface area contributed by atoms with Gasteiger partial charge in [0.1, 0.15) is 0 Å². The maximum atomic E-state index is 6.31. The fourth-order valence-electron chi connectivity index (χ4n) is 1.42. The molecule has 15 heavy (non-hydrogen) atoms. The van der Waals surface area contributed by atoms with Crippen molar-refractivity contribution in [3.8, 4) is 0 Å². The zero-order chi connectivity index (χ0) is 11.5. The smallest absolute Gasteiger partial charge is 0.0408 e. The Hall–Kier alpha value is -0.200. The molecule has 0 aliphatic heterocycles. The normalized spacial score (nSPS) is 13.9. The van der Waals surface area contributed by atoms with Gasteiger partial charge in [0.25, 0.3) is 0 Å². The summed E-state index contributed by atoms with van der Waals surface area (Å²) in [5.74, 6) is 0. The summed E-state index contributed by atoms with van der Waals surface area (Å²) in [5, 5.41) is 1.01. The molecule has 0 saturated heterocycles. The summed E-state index contributed by atoms with van der Waals surface area (Å²) < 4.78 is 0. The molecule has 1 atom stereocenters. The van der Waals surface area contributed by atoms with Crippen LogP contribution < -0.4 is 0 Å². The molecular formula is C13H18Cl2. The van der Waals surface area contributed by atoms with E-state index in [0.29, 0.717) is 0 Å². The van der Waals surface area contributed by atoms with Crippen LogP contribution in [0.5, 0.6) is 0 Å². The summed E-state index contributed by atoms with van der Waals surface area (Å²) in [7, 11) is 0. The zero-order valence-electron chi connectivity index (χ0n) is 9.56. The minimum Gasteiger partial charge on any atom is -0.122 e. The summed E-state index contributed by atoms with van der Waals surface area (Å²) in [6, 6.07) is 7.98. The first kappa shape index (κ1) is 12.9. The van der Waals surface area contributed by atoms with Gasteiger partial charge in [-0.15, -0.1) is 11.6 Å². The lowest BCUT2D eigenvalue weighted by atomic mass is 9.88. The van der Waals surface area contributed by atoms with E-state index in [2.05, 4.69) is 26.8 Å². The van der Waals surface area contributed by atoms with Crippen molar-refractivity contribution in [2.75, 3.05) is 0 Å². The Balaban J connectivity index is 2.51. The summed E-state index contributed by atoms with van der Waals surface area (Å²) in [5.41, 5.74) is 1.43. The van der Waals surface area contributed by atoms with Crippen molar-refractivity contribution in [2.45, 2.75) is 39.0 Å². The molecule has 0 heterocycles. The van der Waals surface area contributed by atoms with Gasteiger partial charge in [-0.2, -0.15) is 0 Å². The Morgan fingerprint density at radius 2 is 1.93 bits per heavy atom. The van der Waals surface area contributed by atoms with Gasteiger partial charge in [0.05, 0.1) is 0 Å². The minimum absolute atomic E-state index is 0.167. The molecule has 1 aromatic carbocycles. The van der Waals surface area contributed by atoms with Crippen molar-refractivity contribution >= 4 is 23.2 Å². The predicted molar refractivity (Wildman–Crippen MR) is 68.9 cm³/mol. The third kappa shape index (κ3) is 4.44. The van der Waals surface area contributed by atoms with E-state index in [1.807, 2.05) is 18.2 Å². The molecule has 0 radical (unpaired) electrons. The first-order valence-electron chi connectivity index (χ1n) is 5.28. The fourth-order valence-corrected chi connectivity index (χ4v) is 1.74. The lowest BCUT2D eigenvalue weighted by Crippen LogP contribution is -2.21. The van der Waals surface area contributed by atoms with Crippen LogP contribution in [0.2, 0.25) is 5.02 Å². The van der Waals surface area contributed by atoms with Crippen molar-refractivity contribution in [1.82, 2.24) is 0 Å². The summed E-state index contributed by atoms with van der Waals surface area (Å²) in [6.07, 6.45) is 1.98. The molecule has 1 aromatic rings. The fraction of sp³-hybridized carbons (Fsp3) is 0.538. The Bertz CT molecular complexity index is 313. The average molecular weight is 245 g/mol. The van der Waals surface area contributed by atoms with Crippen LogP contribution >= 0.6 is 23.2 Å². The zero-order valence-corrected chi connectivity index (χ0v) is 11.1. The van der Waals surface area contributed by atoms with Crippen molar-refractivity contribution in [3.05, 3.63) is 34.9 Å². The van der Waals surface area contributed by atoms with Crippen LogP contribution in [-0.4, -0.2) is 5.38 Å². The summed E-state index contributed by atoms with van der Waals surface area (Å²) >= 11 is 12.2. The maximum Gasteiger partial charge on any atom is 0.0408 e. The van der Waals surface area contributed by atoms with Gasteiger partial charge in [-0.3, -0.25) is 0 Å². The topological polar surface area (TPSA) is 0 Å². The van der Waals surface area contributed by atoms with Gasteiger partial charge in [0.2, 0.25) is 0 Å². The molecule has 1 rings (SSSR count). The highest BCUT2D eigenvalue weighted by molar-refractivity contribution is 6.30. The molecule has 0 aliphatic carbocycles. The van der Waals surface area contributed by atoms with E-state index in [-0.39, 0.29) is 10.8 Å². The molecule has 2 heteroatoms. The number of hydrogen-bond donors (Lipinski definition) is 0. The second-order valence-electron chi connectivity index (χ2n) is 5.00. The van der Waals surface area contributed by atoms with E-state index in [1.165, 1.54) is 5.56 Å². The van der Waals surface area contributed by atoms with Gasteiger partial charge >= 0.3 is 0 Å². The summed E-state index contributed by atoms with van der Waals surface area (Å²) in [6.45, 7) is 6.51. The van der Waals surface area contributed by atoms with E-state index in [1.54, 1.807) is 0 Å². The van der Waals surface area contributed by atoms with E-state index in [0.717, 1.165) is 17.9 Å². The lowest BCUT2D eigenvalue weighted by Gasteiger charge is -2.25. The Morgan fingerprint density at radius 3 is 2.47 bits per heavy atom. The highest BCUT2D eigenvalue weighted by Gasteiger charge is 2.21. The first-order chi connectivity index (χ1) is 6.89. The summed E-state index contributed by atoms with van der Waals surface area (Å²) in [4.78, 5) is 0. The Kier molecular flexibility index (Phi) is 4.48. The standard InChI is InChI=1S/C13H18Cl2/c1-13(2,3)12(15)8-7-10-5-4-6-11(14)9-10/h4-6,9,12H,7-8H2,1-3H3. The minimum atomic E-state index is 0.167. The molecule has 0 fully saturated rings.